The zero-order valence-electron chi connectivity index (χ0n) is 10.2. The molecule has 5 heteroatoms. The minimum Gasteiger partial charge on any atom is -0.368 e. The van der Waals surface area contributed by atoms with Crippen LogP contribution < -0.4 is 11.1 Å². The maximum absolute atomic E-state index is 12.3. The highest BCUT2D eigenvalue weighted by molar-refractivity contribution is 5.87. The van der Waals surface area contributed by atoms with Crippen molar-refractivity contribution in [2.24, 2.45) is 17.1 Å². The number of nitrogens with zero attached hydrogens (tertiary/aromatic N) is 1. The molecule has 1 saturated heterocycles. The van der Waals surface area contributed by atoms with E-state index in [0.29, 0.717) is 6.54 Å². The molecule has 0 spiro atoms. The Bertz CT molecular complexity index is 283. The summed E-state index contributed by atoms with van der Waals surface area (Å²) in [6.45, 7) is 5.63. The molecule has 1 aliphatic rings. The first-order chi connectivity index (χ1) is 7.40. The van der Waals surface area contributed by atoms with Crippen molar-refractivity contribution in [2.75, 3.05) is 26.7 Å². The molecule has 3 N–H and O–H groups in total. The highest BCUT2D eigenvalue weighted by Gasteiger charge is 2.45. The number of hydrogen-bond donors (Lipinski definition) is 2. The molecule has 0 aromatic rings. The maximum atomic E-state index is 12.3. The van der Waals surface area contributed by atoms with E-state index in [1.165, 1.54) is 4.90 Å². The monoisotopic (exact) mass is 227 g/mol. The SMILES string of the molecule is CC(C)C1(C(=O)N(C)CC(N)=O)CCNC1. The molecule has 1 atom stereocenters. The van der Waals surface area contributed by atoms with Crippen LogP contribution in [0.4, 0.5) is 0 Å². The van der Waals surface area contributed by atoms with E-state index in [9.17, 15) is 9.59 Å². The number of rotatable bonds is 4. The zero-order chi connectivity index (χ0) is 12.3. The van der Waals surface area contributed by atoms with E-state index in [4.69, 9.17) is 5.73 Å². The van der Waals surface area contributed by atoms with Gasteiger partial charge in [-0.05, 0) is 18.9 Å². The molecule has 0 saturated carbocycles. The number of nitrogens with two attached hydrogens (primary N) is 1. The number of primary amides is 1. The number of carbonyl (C=O) groups is 2. The van der Waals surface area contributed by atoms with Crippen LogP contribution in [0.5, 0.6) is 0 Å². The summed E-state index contributed by atoms with van der Waals surface area (Å²) in [6, 6.07) is 0. The predicted molar refractivity (Wildman–Crippen MR) is 61.6 cm³/mol. The second kappa shape index (κ2) is 4.82. The molecule has 1 rings (SSSR count). The summed E-state index contributed by atoms with van der Waals surface area (Å²) in [5, 5.41) is 3.22. The lowest BCUT2D eigenvalue weighted by molar-refractivity contribution is -0.144. The van der Waals surface area contributed by atoms with Gasteiger partial charge in [-0.3, -0.25) is 9.59 Å². The largest absolute Gasteiger partial charge is 0.368 e. The van der Waals surface area contributed by atoms with Crippen LogP contribution in [0.1, 0.15) is 20.3 Å². The Morgan fingerprint density at radius 2 is 2.12 bits per heavy atom. The normalized spacial score (nSPS) is 24.8. The van der Waals surface area contributed by atoms with Gasteiger partial charge >= 0.3 is 0 Å². The minimum atomic E-state index is -0.472. The molecular weight excluding hydrogens is 206 g/mol. The van der Waals surface area contributed by atoms with Crippen molar-refractivity contribution in [3.05, 3.63) is 0 Å². The summed E-state index contributed by atoms with van der Waals surface area (Å²) in [4.78, 5) is 24.6. The van der Waals surface area contributed by atoms with Crippen molar-refractivity contribution >= 4 is 11.8 Å². The highest BCUT2D eigenvalue weighted by atomic mass is 16.2. The van der Waals surface area contributed by atoms with Crippen LogP contribution in [0, 0.1) is 11.3 Å². The van der Waals surface area contributed by atoms with Gasteiger partial charge in [0.2, 0.25) is 11.8 Å². The van der Waals surface area contributed by atoms with E-state index in [1.54, 1.807) is 7.05 Å². The summed E-state index contributed by atoms with van der Waals surface area (Å²) in [6.07, 6.45) is 0.826. The summed E-state index contributed by atoms with van der Waals surface area (Å²) in [5.41, 5.74) is 4.73. The quantitative estimate of drug-likeness (QED) is 0.684. The fourth-order valence-corrected chi connectivity index (χ4v) is 2.32. The topological polar surface area (TPSA) is 75.4 Å². The van der Waals surface area contributed by atoms with Gasteiger partial charge in [0.05, 0.1) is 12.0 Å². The molecule has 1 heterocycles. The van der Waals surface area contributed by atoms with Gasteiger partial charge in [0.1, 0.15) is 0 Å². The van der Waals surface area contributed by atoms with E-state index < -0.39 is 5.91 Å². The molecule has 0 aromatic carbocycles. The molecule has 0 aliphatic carbocycles. The third-order valence-electron chi connectivity index (χ3n) is 3.46. The van der Waals surface area contributed by atoms with Crippen LogP contribution in [-0.2, 0) is 9.59 Å². The summed E-state index contributed by atoms with van der Waals surface area (Å²) >= 11 is 0. The van der Waals surface area contributed by atoms with Crippen molar-refractivity contribution < 1.29 is 9.59 Å². The van der Waals surface area contributed by atoms with Gasteiger partial charge in [-0.1, -0.05) is 13.8 Å². The minimum absolute atomic E-state index is 0.00664. The van der Waals surface area contributed by atoms with E-state index >= 15 is 0 Å². The second-order valence-electron chi connectivity index (χ2n) is 4.87. The molecule has 1 unspecified atom stereocenters. The third-order valence-corrected chi connectivity index (χ3v) is 3.46. The Labute approximate surface area is 96.4 Å². The van der Waals surface area contributed by atoms with Gasteiger partial charge in [0, 0.05) is 13.6 Å². The van der Waals surface area contributed by atoms with Crippen molar-refractivity contribution in [2.45, 2.75) is 20.3 Å². The van der Waals surface area contributed by atoms with Crippen LogP contribution in [0.25, 0.3) is 0 Å². The van der Waals surface area contributed by atoms with Gasteiger partial charge in [-0.15, -0.1) is 0 Å². The van der Waals surface area contributed by atoms with E-state index in [1.807, 2.05) is 13.8 Å². The van der Waals surface area contributed by atoms with Crippen LogP contribution in [0.15, 0.2) is 0 Å². The Kier molecular flexibility index (Phi) is 3.91. The Balaban J connectivity index is 2.79. The smallest absolute Gasteiger partial charge is 0.237 e. The Morgan fingerprint density at radius 3 is 2.50 bits per heavy atom. The molecular formula is C11H21N3O2. The number of nitrogens with one attached hydrogen (secondary N) is 1. The first kappa shape index (κ1) is 13.0. The second-order valence-corrected chi connectivity index (χ2v) is 4.87. The molecule has 92 valence electrons. The summed E-state index contributed by atoms with van der Waals surface area (Å²) in [5.74, 6) is -0.197. The van der Waals surface area contributed by atoms with Crippen LogP contribution in [0.2, 0.25) is 0 Å². The predicted octanol–water partition coefficient (Wildman–Crippen LogP) is -0.434. The standard InChI is InChI=1S/C11H21N3O2/c1-8(2)11(4-5-13-7-11)10(16)14(3)6-9(12)15/h8,13H,4-7H2,1-3H3,(H2,12,15). The fourth-order valence-electron chi connectivity index (χ4n) is 2.32. The van der Waals surface area contributed by atoms with E-state index in [0.717, 1.165) is 13.0 Å². The molecule has 1 aliphatic heterocycles. The van der Waals surface area contributed by atoms with Crippen LogP contribution in [0.3, 0.4) is 0 Å². The van der Waals surface area contributed by atoms with Gasteiger partial charge in [0.15, 0.2) is 0 Å². The first-order valence-corrected chi connectivity index (χ1v) is 5.65. The van der Waals surface area contributed by atoms with Crippen molar-refractivity contribution in [3.63, 3.8) is 0 Å². The summed E-state index contributed by atoms with van der Waals surface area (Å²) < 4.78 is 0. The third kappa shape index (κ3) is 2.35. The van der Waals surface area contributed by atoms with Crippen LogP contribution in [-0.4, -0.2) is 43.4 Å². The zero-order valence-corrected chi connectivity index (χ0v) is 10.2. The fraction of sp³-hybridized carbons (Fsp3) is 0.818. The Hall–Kier alpha value is -1.10. The lowest BCUT2D eigenvalue weighted by atomic mass is 9.75. The summed E-state index contributed by atoms with van der Waals surface area (Å²) in [7, 11) is 1.63. The van der Waals surface area contributed by atoms with Gasteiger partial charge in [0.25, 0.3) is 0 Å². The molecule has 0 radical (unpaired) electrons. The molecule has 16 heavy (non-hydrogen) atoms. The highest BCUT2D eigenvalue weighted by Crippen LogP contribution is 2.35. The number of likely N-dealkylation sites (N-methyl/N-ethyl adjacent to an activating group) is 1. The van der Waals surface area contributed by atoms with Gasteiger partial charge in [-0.25, -0.2) is 0 Å². The first-order valence-electron chi connectivity index (χ1n) is 5.65. The molecule has 1 fully saturated rings. The average molecular weight is 227 g/mol. The molecule has 2 amide bonds. The number of amides is 2. The lowest BCUT2D eigenvalue weighted by Gasteiger charge is -2.34. The molecule has 5 nitrogen and oxygen atoms in total. The number of hydrogen-bond acceptors (Lipinski definition) is 3. The van der Waals surface area contributed by atoms with Gasteiger partial charge in [-0.2, -0.15) is 0 Å². The van der Waals surface area contributed by atoms with E-state index in [2.05, 4.69) is 5.32 Å². The number of carbonyl (C=O) groups excluding carboxylic acids is 2. The maximum Gasteiger partial charge on any atom is 0.237 e. The van der Waals surface area contributed by atoms with Crippen molar-refractivity contribution in [1.82, 2.24) is 10.2 Å². The van der Waals surface area contributed by atoms with Gasteiger partial charge < -0.3 is 16.0 Å². The average Bonchev–Trinajstić information content (AvgIpc) is 2.65. The lowest BCUT2D eigenvalue weighted by Crippen LogP contribution is -2.48. The van der Waals surface area contributed by atoms with E-state index in [-0.39, 0.29) is 23.8 Å². The molecule has 0 bridgehead atoms. The van der Waals surface area contributed by atoms with Crippen molar-refractivity contribution in [3.8, 4) is 0 Å². The van der Waals surface area contributed by atoms with Crippen LogP contribution >= 0.6 is 0 Å². The Morgan fingerprint density at radius 1 is 1.50 bits per heavy atom. The molecule has 0 aromatic heterocycles. The van der Waals surface area contributed by atoms with Crippen molar-refractivity contribution in [1.29, 1.82) is 0 Å².